The topological polar surface area (TPSA) is 80.3 Å². The molecule has 74 valence electrons. The first-order valence-electron chi connectivity index (χ1n) is 4.44. The molecular weight excluding hydrogens is 172 g/mol. The van der Waals surface area contributed by atoms with Crippen molar-refractivity contribution in [1.82, 2.24) is 0 Å². The van der Waals surface area contributed by atoms with E-state index in [0.717, 1.165) is 6.42 Å². The molecule has 4 heteroatoms. The highest BCUT2D eigenvalue weighted by molar-refractivity contribution is 5.78. The molecule has 1 fully saturated rings. The molecule has 1 rings (SSSR count). The molecule has 4 nitrogen and oxygen atoms in total. The Labute approximate surface area is 76.6 Å². The van der Waals surface area contributed by atoms with Gasteiger partial charge in [-0.3, -0.25) is 0 Å². The zero-order chi connectivity index (χ0) is 10.0. The number of hydrogen-bond acceptors (Lipinski definition) is 4. The van der Waals surface area contributed by atoms with E-state index in [2.05, 4.69) is 0 Å². The molecule has 0 aromatic rings. The molecular formula is C9H12O4-2. The van der Waals surface area contributed by atoms with Gasteiger partial charge in [-0.2, -0.15) is 0 Å². The Kier molecular flexibility index (Phi) is 2.90. The average Bonchev–Trinajstić information content (AvgIpc) is 2.03. The van der Waals surface area contributed by atoms with Crippen LogP contribution in [-0.2, 0) is 9.59 Å². The van der Waals surface area contributed by atoms with Crippen LogP contribution >= 0.6 is 0 Å². The predicted octanol–water partition coefficient (Wildman–Crippen LogP) is -1.46. The van der Waals surface area contributed by atoms with E-state index in [1.807, 2.05) is 6.92 Å². The number of hydrogen-bond donors (Lipinski definition) is 0. The Hall–Kier alpha value is -1.06. The van der Waals surface area contributed by atoms with E-state index in [1.165, 1.54) is 0 Å². The van der Waals surface area contributed by atoms with Crippen molar-refractivity contribution in [3.05, 3.63) is 0 Å². The van der Waals surface area contributed by atoms with Crippen LogP contribution in [0.4, 0.5) is 0 Å². The lowest BCUT2D eigenvalue weighted by atomic mass is 9.75. The van der Waals surface area contributed by atoms with E-state index < -0.39 is 23.8 Å². The molecule has 0 aromatic carbocycles. The van der Waals surface area contributed by atoms with Crippen molar-refractivity contribution >= 4 is 11.9 Å². The van der Waals surface area contributed by atoms with Crippen molar-refractivity contribution in [3.63, 3.8) is 0 Å². The fourth-order valence-electron chi connectivity index (χ4n) is 1.92. The minimum Gasteiger partial charge on any atom is -0.550 e. The molecule has 0 bridgehead atoms. The summed E-state index contributed by atoms with van der Waals surface area (Å²) >= 11 is 0. The molecule has 0 radical (unpaired) electrons. The minimum atomic E-state index is -1.26. The van der Waals surface area contributed by atoms with E-state index in [4.69, 9.17) is 0 Å². The van der Waals surface area contributed by atoms with Crippen LogP contribution in [0.2, 0.25) is 0 Å². The molecule has 0 aromatic heterocycles. The molecule has 1 saturated carbocycles. The van der Waals surface area contributed by atoms with Crippen LogP contribution in [0.15, 0.2) is 0 Å². The lowest BCUT2D eigenvalue weighted by Crippen LogP contribution is -2.46. The number of carbonyl (C=O) groups excluding carboxylic acids is 2. The summed E-state index contributed by atoms with van der Waals surface area (Å²) in [6.45, 7) is 1.92. The Morgan fingerprint density at radius 1 is 1.08 bits per heavy atom. The highest BCUT2D eigenvalue weighted by Gasteiger charge is 2.30. The molecule has 0 saturated heterocycles. The van der Waals surface area contributed by atoms with E-state index in [9.17, 15) is 19.8 Å². The summed E-state index contributed by atoms with van der Waals surface area (Å²) in [5.41, 5.74) is 0. The molecule has 0 heterocycles. The predicted molar refractivity (Wildman–Crippen MR) is 40.0 cm³/mol. The van der Waals surface area contributed by atoms with Crippen molar-refractivity contribution in [3.8, 4) is 0 Å². The molecule has 0 N–H and O–H groups in total. The summed E-state index contributed by atoms with van der Waals surface area (Å²) in [4.78, 5) is 21.2. The van der Waals surface area contributed by atoms with Crippen molar-refractivity contribution in [1.29, 1.82) is 0 Å². The van der Waals surface area contributed by atoms with Gasteiger partial charge in [0.15, 0.2) is 0 Å². The minimum absolute atomic E-state index is 0.262. The van der Waals surface area contributed by atoms with Crippen LogP contribution in [0.1, 0.15) is 26.2 Å². The highest BCUT2D eigenvalue weighted by Crippen LogP contribution is 2.32. The first kappa shape index (κ1) is 10.0. The van der Waals surface area contributed by atoms with Gasteiger partial charge in [-0.1, -0.05) is 13.3 Å². The molecule has 0 amide bonds. The lowest BCUT2D eigenvalue weighted by Gasteiger charge is -2.35. The summed E-state index contributed by atoms with van der Waals surface area (Å²) < 4.78 is 0. The van der Waals surface area contributed by atoms with Crippen molar-refractivity contribution in [2.45, 2.75) is 26.2 Å². The van der Waals surface area contributed by atoms with Crippen LogP contribution in [0.25, 0.3) is 0 Å². The zero-order valence-corrected chi connectivity index (χ0v) is 7.49. The second-order valence-electron chi connectivity index (χ2n) is 3.77. The Balaban J connectivity index is 2.72. The van der Waals surface area contributed by atoms with Gasteiger partial charge in [-0.25, -0.2) is 0 Å². The van der Waals surface area contributed by atoms with Gasteiger partial charge in [0, 0.05) is 23.8 Å². The molecule has 3 atom stereocenters. The fourth-order valence-corrected chi connectivity index (χ4v) is 1.92. The lowest BCUT2D eigenvalue weighted by molar-refractivity contribution is -0.328. The standard InChI is InChI=1S/C9H14O4/c1-5-2-3-6(8(10)11)7(4-5)9(12)13/h5-7H,2-4H2,1H3,(H,10,11)(H,12,13)/p-2. The van der Waals surface area contributed by atoms with Gasteiger partial charge in [0.2, 0.25) is 0 Å². The van der Waals surface area contributed by atoms with Gasteiger partial charge in [-0.15, -0.1) is 0 Å². The summed E-state index contributed by atoms with van der Waals surface area (Å²) in [7, 11) is 0. The van der Waals surface area contributed by atoms with Crippen molar-refractivity contribution < 1.29 is 19.8 Å². The van der Waals surface area contributed by atoms with Crippen LogP contribution in [-0.4, -0.2) is 11.9 Å². The molecule has 0 aliphatic heterocycles. The first-order chi connectivity index (χ1) is 6.02. The second kappa shape index (κ2) is 3.77. The third-order valence-corrected chi connectivity index (χ3v) is 2.72. The maximum atomic E-state index is 10.6. The van der Waals surface area contributed by atoms with Crippen molar-refractivity contribution in [2.24, 2.45) is 17.8 Å². The van der Waals surface area contributed by atoms with Gasteiger partial charge in [0.1, 0.15) is 0 Å². The Bertz CT molecular complexity index is 224. The monoisotopic (exact) mass is 184 g/mol. The van der Waals surface area contributed by atoms with Crippen LogP contribution < -0.4 is 10.2 Å². The van der Waals surface area contributed by atoms with Gasteiger partial charge in [0.25, 0.3) is 0 Å². The summed E-state index contributed by atoms with van der Waals surface area (Å²) in [5.74, 6) is -3.99. The van der Waals surface area contributed by atoms with Crippen LogP contribution in [0.3, 0.4) is 0 Å². The summed E-state index contributed by atoms with van der Waals surface area (Å²) in [6.07, 6.45) is 1.53. The average molecular weight is 184 g/mol. The maximum Gasteiger partial charge on any atom is 0.0451 e. The van der Waals surface area contributed by atoms with E-state index in [-0.39, 0.29) is 5.92 Å². The van der Waals surface area contributed by atoms with Crippen LogP contribution in [0.5, 0.6) is 0 Å². The molecule has 3 unspecified atom stereocenters. The van der Waals surface area contributed by atoms with E-state index in [1.54, 1.807) is 0 Å². The normalized spacial score (nSPS) is 34.1. The molecule has 1 aliphatic carbocycles. The van der Waals surface area contributed by atoms with Crippen LogP contribution in [0, 0.1) is 17.8 Å². The Morgan fingerprint density at radius 2 is 1.62 bits per heavy atom. The Morgan fingerprint density at radius 3 is 2.08 bits per heavy atom. The largest absolute Gasteiger partial charge is 0.550 e. The van der Waals surface area contributed by atoms with Gasteiger partial charge < -0.3 is 19.8 Å². The van der Waals surface area contributed by atoms with Gasteiger partial charge in [0.05, 0.1) is 0 Å². The maximum absolute atomic E-state index is 10.6. The number of carboxylic acid groups (broad SMARTS) is 2. The first-order valence-corrected chi connectivity index (χ1v) is 4.44. The second-order valence-corrected chi connectivity index (χ2v) is 3.77. The summed E-state index contributed by atoms with van der Waals surface area (Å²) in [6, 6.07) is 0. The molecule has 0 spiro atoms. The summed E-state index contributed by atoms with van der Waals surface area (Å²) in [5, 5.41) is 21.2. The van der Waals surface area contributed by atoms with Crippen molar-refractivity contribution in [2.75, 3.05) is 0 Å². The number of carbonyl (C=O) groups is 2. The third kappa shape index (κ3) is 2.20. The smallest absolute Gasteiger partial charge is 0.0451 e. The van der Waals surface area contributed by atoms with E-state index >= 15 is 0 Å². The SMILES string of the molecule is CC1CCC(C(=O)[O-])C(C(=O)[O-])C1. The molecule has 13 heavy (non-hydrogen) atoms. The highest BCUT2D eigenvalue weighted by atomic mass is 16.4. The molecule has 1 aliphatic rings. The number of rotatable bonds is 2. The quantitative estimate of drug-likeness (QED) is 0.525. The van der Waals surface area contributed by atoms with Gasteiger partial charge >= 0.3 is 0 Å². The van der Waals surface area contributed by atoms with E-state index in [0.29, 0.717) is 12.8 Å². The fraction of sp³-hybridized carbons (Fsp3) is 0.778. The third-order valence-electron chi connectivity index (χ3n) is 2.72. The number of aliphatic carboxylic acids is 2. The zero-order valence-electron chi connectivity index (χ0n) is 7.49. The van der Waals surface area contributed by atoms with Gasteiger partial charge in [-0.05, 0) is 18.8 Å². The number of carboxylic acids is 2.